The van der Waals surface area contributed by atoms with Gasteiger partial charge in [-0.3, -0.25) is 14.9 Å². The topological polar surface area (TPSA) is 96.6 Å². The second-order valence-electron chi connectivity index (χ2n) is 5.99. The predicted molar refractivity (Wildman–Crippen MR) is 96.4 cm³/mol. The number of hydrogen-bond acceptors (Lipinski definition) is 7. The van der Waals surface area contributed by atoms with E-state index in [-0.39, 0.29) is 16.4 Å². The third-order valence-electron chi connectivity index (χ3n) is 3.94. The molecule has 2 rings (SSSR count). The summed E-state index contributed by atoms with van der Waals surface area (Å²) in [7, 11) is 1.66. The molecule has 0 aliphatic heterocycles. The number of aliphatic hydroxyl groups is 1. The first-order valence-electron chi connectivity index (χ1n) is 8.17. The number of nitro benzene ring substituents is 1. The van der Waals surface area contributed by atoms with E-state index < -0.39 is 33.3 Å². The molecule has 27 heavy (non-hydrogen) atoms. The van der Waals surface area contributed by atoms with Crippen LogP contribution in [0.3, 0.4) is 0 Å². The van der Waals surface area contributed by atoms with Gasteiger partial charge in [-0.15, -0.1) is 0 Å². The molecule has 0 radical (unpaired) electrons. The molecule has 0 bridgehead atoms. The molecule has 0 saturated heterocycles. The molecule has 0 amide bonds. The van der Waals surface area contributed by atoms with Crippen molar-refractivity contribution < 1.29 is 23.2 Å². The average molecular weight is 405 g/mol. The van der Waals surface area contributed by atoms with Crippen molar-refractivity contribution in [2.45, 2.75) is 31.9 Å². The molecule has 1 N–H and O–H groups in total. The number of aliphatic hydroxyl groups excluding tert-OH is 1. The standard InChI is InChI=1S/C16H18F3N3O4S/c1-21(6-4-2-3-5-7-23)15-20-14(24)11-8-10(16(17,18)19)9-12(22(25)26)13(11)27-15/h8-9,23H,2-7H2,1H3. The maximum atomic E-state index is 13.0. The highest BCUT2D eigenvalue weighted by Crippen LogP contribution is 2.38. The lowest BCUT2D eigenvalue weighted by molar-refractivity contribution is -0.383. The Hall–Kier alpha value is -2.27. The summed E-state index contributed by atoms with van der Waals surface area (Å²) in [6.45, 7) is 0.640. The highest BCUT2D eigenvalue weighted by molar-refractivity contribution is 7.22. The Balaban J connectivity index is 2.41. The van der Waals surface area contributed by atoms with E-state index in [1.54, 1.807) is 11.9 Å². The zero-order valence-electron chi connectivity index (χ0n) is 14.5. The van der Waals surface area contributed by atoms with Gasteiger partial charge < -0.3 is 10.0 Å². The van der Waals surface area contributed by atoms with Crippen molar-refractivity contribution in [1.82, 2.24) is 4.98 Å². The fourth-order valence-corrected chi connectivity index (χ4v) is 3.57. The minimum absolute atomic E-state index is 0.118. The normalized spacial score (nSPS) is 11.7. The molecule has 0 spiro atoms. The van der Waals surface area contributed by atoms with Crippen LogP contribution in [-0.4, -0.2) is 35.2 Å². The van der Waals surface area contributed by atoms with Gasteiger partial charge >= 0.3 is 6.18 Å². The Labute approximate surface area is 156 Å². The molecule has 7 nitrogen and oxygen atoms in total. The van der Waals surface area contributed by atoms with E-state index in [0.717, 1.165) is 30.6 Å². The van der Waals surface area contributed by atoms with Crippen LogP contribution in [0.15, 0.2) is 16.9 Å². The van der Waals surface area contributed by atoms with Gasteiger partial charge in [0.15, 0.2) is 5.13 Å². The van der Waals surface area contributed by atoms with Crippen LogP contribution in [0.25, 0.3) is 10.1 Å². The van der Waals surface area contributed by atoms with Gasteiger partial charge in [-0.1, -0.05) is 24.2 Å². The van der Waals surface area contributed by atoms with Gasteiger partial charge in [0, 0.05) is 26.3 Å². The van der Waals surface area contributed by atoms with Crippen molar-refractivity contribution in [2.24, 2.45) is 0 Å². The zero-order valence-corrected chi connectivity index (χ0v) is 15.3. The molecule has 1 heterocycles. The summed E-state index contributed by atoms with van der Waals surface area (Å²) in [5, 5.41) is 19.8. The average Bonchev–Trinajstić information content (AvgIpc) is 2.59. The highest BCUT2D eigenvalue weighted by Gasteiger charge is 2.34. The Morgan fingerprint density at radius 3 is 2.52 bits per heavy atom. The monoisotopic (exact) mass is 405 g/mol. The van der Waals surface area contributed by atoms with Crippen LogP contribution in [0.1, 0.15) is 31.2 Å². The minimum atomic E-state index is -4.81. The zero-order chi connectivity index (χ0) is 20.2. The van der Waals surface area contributed by atoms with E-state index in [0.29, 0.717) is 25.1 Å². The summed E-state index contributed by atoms with van der Waals surface area (Å²) in [5.74, 6) is 0. The lowest BCUT2D eigenvalue weighted by Gasteiger charge is -2.17. The number of rotatable bonds is 8. The van der Waals surface area contributed by atoms with Crippen molar-refractivity contribution in [3.63, 3.8) is 0 Å². The fraction of sp³-hybridized carbons (Fsp3) is 0.500. The second-order valence-corrected chi connectivity index (χ2v) is 6.97. The molecule has 0 aliphatic rings. The molecule has 1 aromatic carbocycles. The third-order valence-corrected chi connectivity index (χ3v) is 5.16. The van der Waals surface area contributed by atoms with Crippen LogP contribution in [0, 0.1) is 10.1 Å². The summed E-state index contributed by atoms with van der Waals surface area (Å²) in [5.41, 5.74) is -2.94. The molecule has 0 saturated carbocycles. The summed E-state index contributed by atoms with van der Waals surface area (Å²) in [4.78, 5) is 28.0. The van der Waals surface area contributed by atoms with E-state index in [2.05, 4.69) is 4.98 Å². The maximum Gasteiger partial charge on any atom is 0.416 e. The maximum absolute atomic E-state index is 13.0. The third kappa shape index (κ3) is 5.13. The summed E-state index contributed by atoms with van der Waals surface area (Å²) in [6.07, 6.45) is -1.66. The lowest BCUT2D eigenvalue weighted by atomic mass is 10.1. The Bertz CT molecular complexity index is 886. The Morgan fingerprint density at radius 1 is 1.26 bits per heavy atom. The number of aromatic nitrogens is 1. The molecule has 11 heteroatoms. The lowest BCUT2D eigenvalue weighted by Crippen LogP contribution is -2.22. The van der Waals surface area contributed by atoms with Crippen LogP contribution in [0.5, 0.6) is 0 Å². The number of halogens is 3. The molecule has 0 atom stereocenters. The summed E-state index contributed by atoms with van der Waals surface area (Å²) in [6, 6.07) is 1.05. The van der Waals surface area contributed by atoms with Crippen LogP contribution >= 0.6 is 11.3 Å². The molecule has 148 valence electrons. The van der Waals surface area contributed by atoms with Gasteiger partial charge in [0.2, 0.25) is 0 Å². The van der Waals surface area contributed by atoms with Gasteiger partial charge in [-0.25, -0.2) is 0 Å². The Morgan fingerprint density at radius 2 is 1.93 bits per heavy atom. The van der Waals surface area contributed by atoms with Gasteiger partial charge in [0.25, 0.3) is 11.2 Å². The molecule has 0 fully saturated rings. The first-order valence-corrected chi connectivity index (χ1v) is 8.99. The molecule has 0 unspecified atom stereocenters. The van der Waals surface area contributed by atoms with Crippen LogP contribution in [0.2, 0.25) is 0 Å². The van der Waals surface area contributed by atoms with Crippen LogP contribution in [0.4, 0.5) is 24.0 Å². The molecule has 1 aromatic heterocycles. The molecular weight excluding hydrogens is 387 g/mol. The Kier molecular flexibility index (Phi) is 6.71. The van der Waals surface area contributed by atoms with E-state index >= 15 is 0 Å². The summed E-state index contributed by atoms with van der Waals surface area (Å²) >= 11 is 0.818. The van der Waals surface area contributed by atoms with Crippen LogP contribution < -0.4 is 10.5 Å². The number of fused-ring (bicyclic) bond motifs is 1. The van der Waals surface area contributed by atoms with Crippen molar-refractivity contribution in [3.05, 3.63) is 38.2 Å². The molecule has 0 aliphatic carbocycles. The van der Waals surface area contributed by atoms with Crippen molar-refractivity contribution in [3.8, 4) is 0 Å². The van der Waals surface area contributed by atoms with E-state index in [1.807, 2.05) is 0 Å². The van der Waals surface area contributed by atoms with Crippen LogP contribution in [-0.2, 0) is 6.18 Å². The van der Waals surface area contributed by atoms with Crippen molar-refractivity contribution in [1.29, 1.82) is 0 Å². The predicted octanol–water partition coefficient (Wildman–Crippen LogP) is 3.57. The number of hydrogen-bond donors (Lipinski definition) is 1. The van der Waals surface area contributed by atoms with Crippen molar-refractivity contribution >= 4 is 32.2 Å². The SMILES string of the molecule is CN(CCCCCCO)c1nc(=O)c2cc(C(F)(F)F)cc([N+](=O)[O-])c2s1. The fourth-order valence-electron chi connectivity index (χ4n) is 2.51. The van der Waals surface area contributed by atoms with Gasteiger partial charge in [0.05, 0.1) is 15.9 Å². The smallest absolute Gasteiger partial charge is 0.396 e. The number of benzene rings is 1. The quantitative estimate of drug-likeness (QED) is 0.410. The first kappa shape index (κ1) is 21.0. The molecular formula is C16H18F3N3O4S. The van der Waals surface area contributed by atoms with Gasteiger partial charge in [-0.05, 0) is 18.9 Å². The van der Waals surface area contributed by atoms with E-state index in [9.17, 15) is 28.1 Å². The number of nitrogens with zero attached hydrogens (tertiary/aromatic N) is 3. The number of anilines is 1. The van der Waals surface area contributed by atoms with Gasteiger partial charge in [0.1, 0.15) is 4.70 Å². The first-order chi connectivity index (χ1) is 12.6. The largest absolute Gasteiger partial charge is 0.416 e. The summed E-state index contributed by atoms with van der Waals surface area (Å²) < 4.78 is 38.8. The highest BCUT2D eigenvalue weighted by atomic mass is 32.1. The number of nitro groups is 1. The van der Waals surface area contributed by atoms with Crippen molar-refractivity contribution in [2.75, 3.05) is 25.1 Å². The molecule has 2 aromatic rings. The number of alkyl halides is 3. The van der Waals surface area contributed by atoms with Gasteiger partial charge in [-0.2, -0.15) is 18.2 Å². The number of non-ortho nitro benzene ring substituents is 1. The van der Waals surface area contributed by atoms with E-state index in [4.69, 9.17) is 5.11 Å². The second kappa shape index (κ2) is 8.61. The van der Waals surface area contributed by atoms with E-state index in [1.165, 1.54) is 0 Å². The number of unbranched alkanes of at least 4 members (excludes halogenated alkanes) is 3. The minimum Gasteiger partial charge on any atom is -0.396 e.